The first-order valence-electron chi connectivity index (χ1n) is 25.6. The summed E-state index contributed by atoms with van der Waals surface area (Å²) in [4.78, 5) is 2.37. The molecule has 1 aromatic heterocycles. The summed E-state index contributed by atoms with van der Waals surface area (Å²) in [5.41, 5.74) is 22.4. The fraction of sp³-hybridized carbons (Fsp3) is 0.0278. The lowest BCUT2D eigenvalue weighted by atomic mass is 9.68. The SMILES string of the molecule is C=Cc1ccc(CC2(c3ccccc3)c3ccccc3-c3ccc(N(c4ccc(-c5ccc(F)cc5)cc4)c4ccc(-c5ccc6c(c5)c5cc(-c7ccc(C=C)cc7)ccc5n6-c5ccccc5)cc4)cc32)cc1. The van der Waals surface area contributed by atoms with Gasteiger partial charge in [-0.3, -0.25) is 0 Å². The predicted octanol–water partition coefficient (Wildman–Crippen LogP) is 19.2. The zero-order valence-electron chi connectivity index (χ0n) is 41.4. The van der Waals surface area contributed by atoms with E-state index in [1.807, 2.05) is 24.3 Å². The largest absolute Gasteiger partial charge is 0.310 e. The van der Waals surface area contributed by atoms with E-state index in [4.69, 9.17) is 0 Å². The van der Waals surface area contributed by atoms with E-state index in [2.05, 4.69) is 259 Å². The molecule has 356 valence electrons. The second-order valence-corrected chi connectivity index (χ2v) is 19.6. The van der Waals surface area contributed by atoms with Crippen LogP contribution in [0.15, 0.2) is 274 Å². The Bertz CT molecular complexity index is 4080. The molecule has 0 saturated carbocycles. The summed E-state index contributed by atoms with van der Waals surface area (Å²) in [6, 6.07) is 93.1. The van der Waals surface area contributed by atoms with Crippen molar-refractivity contribution < 1.29 is 4.39 Å². The molecule has 1 atom stereocenters. The predicted molar refractivity (Wildman–Crippen MR) is 314 cm³/mol. The molecule has 0 spiro atoms. The maximum Gasteiger partial charge on any atom is 0.123 e. The molecule has 0 bridgehead atoms. The van der Waals surface area contributed by atoms with Crippen LogP contribution in [0.1, 0.15) is 33.4 Å². The molecule has 11 aromatic carbocycles. The Morgan fingerprint density at radius 3 is 1.43 bits per heavy atom. The van der Waals surface area contributed by atoms with Gasteiger partial charge in [0, 0.05) is 33.5 Å². The Hall–Kier alpha value is -9.57. The molecule has 0 N–H and O–H groups in total. The molecule has 3 heteroatoms. The van der Waals surface area contributed by atoms with Crippen LogP contribution >= 0.6 is 0 Å². The molecule has 0 radical (unpaired) electrons. The summed E-state index contributed by atoms with van der Waals surface area (Å²) in [7, 11) is 0. The minimum absolute atomic E-state index is 0.247. The van der Waals surface area contributed by atoms with E-state index < -0.39 is 5.41 Å². The van der Waals surface area contributed by atoms with Crippen LogP contribution in [-0.4, -0.2) is 4.57 Å². The molecular formula is C72H51FN2. The standard InChI is InChI=1S/C72H51FN2/c1-3-49-19-21-51(22-20-49)48-72(58-13-7-5-8-14-58)68-18-12-11-17-64(68)65-42-41-63(47-69(65)72)74(61-37-29-53(30-38-61)52-27-35-59(73)36-28-52)62-39-31-55(32-40-62)57-34-44-71-67(46-57)66-45-56(54-25-23-50(4-2)24-26-54)33-43-70(66)75(71)60-15-9-6-10-16-60/h3-47H,1-2,48H2. The third-order valence-electron chi connectivity index (χ3n) is 15.4. The van der Waals surface area contributed by atoms with Crippen molar-refractivity contribution in [3.05, 3.63) is 313 Å². The van der Waals surface area contributed by atoms with Crippen LogP contribution in [0.25, 0.3) is 84.2 Å². The molecule has 0 amide bonds. The quantitative estimate of drug-likeness (QED) is 0.118. The van der Waals surface area contributed by atoms with Gasteiger partial charge in [0.25, 0.3) is 0 Å². The minimum Gasteiger partial charge on any atom is -0.310 e. The van der Waals surface area contributed by atoms with Gasteiger partial charge < -0.3 is 9.47 Å². The summed E-state index contributed by atoms with van der Waals surface area (Å²) in [6.07, 6.45) is 4.57. The van der Waals surface area contributed by atoms with Crippen LogP contribution in [0.3, 0.4) is 0 Å². The molecule has 0 aliphatic heterocycles. The normalized spacial score (nSPS) is 13.6. The lowest BCUT2D eigenvalue weighted by Gasteiger charge is -2.34. The highest BCUT2D eigenvalue weighted by molar-refractivity contribution is 6.11. The van der Waals surface area contributed by atoms with E-state index in [0.29, 0.717) is 0 Å². The van der Waals surface area contributed by atoms with Gasteiger partial charge in [-0.25, -0.2) is 4.39 Å². The van der Waals surface area contributed by atoms with Crippen molar-refractivity contribution in [1.82, 2.24) is 4.57 Å². The van der Waals surface area contributed by atoms with Crippen LogP contribution in [-0.2, 0) is 11.8 Å². The molecule has 13 rings (SSSR count). The maximum absolute atomic E-state index is 14.1. The van der Waals surface area contributed by atoms with Crippen molar-refractivity contribution >= 4 is 51.0 Å². The Labute approximate surface area is 437 Å². The number of fused-ring (bicyclic) bond motifs is 6. The van der Waals surface area contributed by atoms with E-state index in [1.165, 1.54) is 67.4 Å². The van der Waals surface area contributed by atoms with Crippen molar-refractivity contribution in [3.8, 4) is 50.2 Å². The third kappa shape index (κ3) is 7.98. The molecule has 1 aliphatic carbocycles. The van der Waals surface area contributed by atoms with Gasteiger partial charge in [0.2, 0.25) is 0 Å². The number of benzene rings is 11. The third-order valence-corrected chi connectivity index (χ3v) is 15.4. The van der Waals surface area contributed by atoms with E-state index in [-0.39, 0.29) is 5.82 Å². The highest BCUT2D eigenvalue weighted by atomic mass is 19.1. The van der Waals surface area contributed by atoms with Crippen LogP contribution in [0.4, 0.5) is 21.5 Å². The fourth-order valence-electron chi connectivity index (χ4n) is 11.6. The van der Waals surface area contributed by atoms with Gasteiger partial charge in [-0.15, -0.1) is 0 Å². The number of anilines is 3. The van der Waals surface area contributed by atoms with Gasteiger partial charge in [0.1, 0.15) is 5.82 Å². The van der Waals surface area contributed by atoms with Gasteiger partial charge in [0.15, 0.2) is 0 Å². The number of nitrogens with zero attached hydrogens (tertiary/aromatic N) is 2. The Morgan fingerprint density at radius 2 is 0.853 bits per heavy atom. The zero-order chi connectivity index (χ0) is 50.5. The first-order chi connectivity index (χ1) is 36.9. The first-order valence-corrected chi connectivity index (χ1v) is 25.6. The van der Waals surface area contributed by atoms with Crippen LogP contribution in [0.2, 0.25) is 0 Å². The van der Waals surface area contributed by atoms with Crippen molar-refractivity contribution in [2.75, 3.05) is 4.90 Å². The van der Waals surface area contributed by atoms with Crippen LogP contribution in [0, 0.1) is 5.82 Å². The number of hydrogen-bond acceptors (Lipinski definition) is 1. The first kappa shape index (κ1) is 45.3. The second kappa shape index (κ2) is 18.8. The second-order valence-electron chi connectivity index (χ2n) is 19.6. The van der Waals surface area contributed by atoms with E-state index in [0.717, 1.165) is 73.6 Å². The Kier molecular flexibility index (Phi) is 11.4. The van der Waals surface area contributed by atoms with Gasteiger partial charge in [0.05, 0.1) is 16.4 Å². The van der Waals surface area contributed by atoms with Crippen molar-refractivity contribution in [2.24, 2.45) is 0 Å². The Balaban J connectivity index is 0.949. The number of halogens is 1. The molecular weight excluding hydrogens is 912 g/mol. The van der Waals surface area contributed by atoms with Gasteiger partial charge in [-0.1, -0.05) is 201 Å². The van der Waals surface area contributed by atoms with Crippen molar-refractivity contribution in [2.45, 2.75) is 11.8 Å². The molecule has 1 aliphatic rings. The van der Waals surface area contributed by atoms with Gasteiger partial charge in [-0.2, -0.15) is 0 Å². The lowest BCUT2D eigenvalue weighted by molar-refractivity contribution is 0.628. The minimum atomic E-state index is -0.472. The average molecular weight is 963 g/mol. The summed E-state index contributed by atoms with van der Waals surface area (Å²) >= 11 is 0. The molecule has 0 saturated heterocycles. The van der Waals surface area contributed by atoms with Crippen LogP contribution < -0.4 is 4.90 Å². The number of hydrogen-bond donors (Lipinski definition) is 0. The fourth-order valence-corrected chi connectivity index (χ4v) is 11.6. The van der Waals surface area contributed by atoms with E-state index in [9.17, 15) is 4.39 Å². The molecule has 1 heterocycles. The van der Waals surface area contributed by atoms with Crippen molar-refractivity contribution in [3.63, 3.8) is 0 Å². The van der Waals surface area contributed by atoms with Gasteiger partial charge in [-0.05, 0) is 169 Å². The van der Waals surface area contributed by atoms with Crippen LogP contribution in [0.5, 0.6) is 0 Å². The zero-order valence-corrected chi connectivity index (χ0v) is 41.4. The number of para-hydroxylation sites is 1. The molecule has 12 aromatic rings. The molecule has 2 nitrogen and oxygen atoms in total. The lowest BCUT2D eigenvalue weighted by Crippen LogP contribution is -2.30. The average Bonchev–Trinajstić information content (AvgIpc) is 4.06. The number of aromatic nitrogens is 1. The number of rotatable bonds is 12. The molecule has 0 fully saturated rings. The summed E-state index contributed by atoms with van der Waals surface area (Å²) in [6.45, 7) is 7.99. The highest BCUT2D eigenvalue weighted by Crippen LogP contribution is 2.56. The maximum atomic E-state index is 14.1. The summed E-state index contributed by atoms with van der Waals surface area (Å²) in [5.74, 6) is -0.247. The molecule has 75 heavy (non-hydrogen) atoms. The highest BCUT2D eigenvalue weighted by Gasteiger charge is 2.45. The van der Waals surface area contributed by atoms with E-state index >= 15 is 0 Å². The van der Waals surface area contributed by atoms with E-state index in [1.54, 1.807) is 0 Å². The van der Waals surface area contributed by atoms with Gasteiger partial charge >= 0.3 is 0 Å². The van der Waals surface area contributed by atoms with Crippen molar-refractivity contribution in [1.29, 1.82) is 0 Å². The summed E-state index contributed by atoms with van der Waals surface area (Å²) in [5, 5.41) is 2.40. The monoisotopic (exact) mass is 962 g/mol. The smallest absolute Gasteiger partial charge is 0.123 e. The Morgan fingerprint density at radius 1 is 0.400 bits per heavy atom. The topological polar surface area (TPSA) is 8.17 Å². The summed E-state index contributed by atoms with van der Waals surface area (Å²) < 4.78 is 16.4. The molecule has 1 unspecified atom stereocenters.